The highest BCUT2D eigenvalue weighted by molar-refractivity contribution is 5.91. The van der Waals surface area contributed by atoms with Gasteiger partial charge in [0.15, 0.2) is 0 Å². The zero-order valence-corrected chi connectivity index (χ0v) is 25.7. The quantitative estimate of drug-likeness (QED) is 0.0770. The highest BCUT2D eigenvalue weighted by Gasteiger charge is 2.17. The van der Waals surface area contributed by atoms with Crippen molar-refractivity contribution in [2.75, 3.05) is 51.3 Å². The van der Waals surface area contributed by atoms with Gasteiger partial charge in [0, 0.05) is 64.0 Å². The van der Waals surface area contributed by atoms with Gasteiger partial charge in [-0.2, -0.15) is 0 Å². The van der Waals surface area contributed by atoms with E-state index >= 15 is 0 Å². The van der Waals surface area contributed by atoms with Gasteiger partial charge in [0.1, 0.15) is 17.8 Å². The molecule has 4 aromatic rings. The number of carbonyl (C=O) groups is 1. The summed E-state index contributed by atoms with van der Waals surface area (Å²) in [6, 6.07) is 21.5. The molecule has 0 bridgehead atoms. The number of amides is 1. The number of anilines is 1. The monoisotopic (exact) mass is 599 g/mol. The molecule has 1 fully saturated rings. The number of hydrogen-bond acceptors (Lipinski definition) is 8. The second kappa shape index (κ2) is 16.3. The molecule has 1 amide bonds. The van der Waals surface area contributed by atoms with Crippen molar-refractivity contribution < 1.29 is 14.7 Å². The third kappa shape index (κ3) is 9.09. The first-order valence-electron chi connectivity index (χ1n) is 15.8. The van der Waals surface area contributed by atoms with Gasteiger partial charge in [-0.1, -0.05) is 67.4 Å². The number of rotatable bonds is 16. The van der Waals surface area contributed by atoms with Gasteiger partial charge in [0.25, 0.3) is 0 Å². The van der Waals surface area contributed by atoms with Crippen LogP contribution in [0.1, 0.15) is 56.2 Å². The first-order chi connectivity index (χ1) is 21.6. The molecule has 0 spiro atoms. The summed E-state index contributed by atoms with van der Waals surface area (Å²) in [5.74, 6) is 0.517. The topological polar surface area (TPSA) is 119 Å². The molecule has 4 N–H and O–H groups in total. The minimum atomic E-state index is -0.312. The Balaban J connectivity index is 1.03. The van der Waals surface area contributed by atoms with Crippen molar-refractivity contribution in [2.24, 2.45) is 0 Å². The molecule has 0 unspecified atom stereocenters. The van der Waals surface area contributed by atoms with E-state index in [0.717, 1.165) is 106 Å². The molecule has 3 heterocycles. The number of aromatic amines is 1. The molecule has 10 nitrogen and oxygen atoms in total. The van der Waals surface area contributed by atoms with Crippen LogP contribution in [0.25, 0.3) is 22.3 Å². The number of aromatic nitrogens is 3. The van der Waals surface area contributed by atoms with E-state index < -0.39 is 0 Å². The number of nitrogens with one attached hydrogen (secondary N) is 3. The van der Waals surface area contributed by atoms with Crippen molar-refractivity contribution in [3.8, 4) is 11.3 Å². The lowest BCUT2D eigenvalue weighted by molar-refractivity contribution is -0.129. The van der Waals surface area contributed by atoms with Crippen molar-refractivity contribution in [1.82, 2.24) is 30.2 Å². The van der Waals surface area contributed by atoms with Gasteiger partial charge in [-0.25, -0.2) is 15.4 Å². The summed E-state index contributed by atoms with van der Waals surface area (Å²) in [6.07, 6.45) is 5.81. The van der Waals surface area contributed by atoms with Crippen LogP contribution in [0.5, 0.6) is 0 Å². The lowest BCUT2D eigenvalue weighted by Crippen LogP contribution is -2.46. The fourth-order valence-corrected chi connectivity index (χ4v) is 5.65. The van der Waals surface area contributed by atoms with Gasteiger partial charge < -0.3 is 15.0 Å². The van der Waals surface area contributed by atoms with Crippen LogP contribution in [0.4, 0.5) is 5.82 Å². The zero-order valence-electron chi connectivity index (χ0n) is 25.7. The number of benzene rings is 2. The van der Waals surface area contributed by atoms with Crippen LogP contribution in [-0.2, 0) is 16.1 Å². The van der Waals surface area contributed by atoms with Gasteiger partial charge in [-0.3, -0.25) is 19.8 Å². The van der Waals surface area contributed by atoms with Crippen molar-refractivity contribution in [3.63, 3.8) is 0 Å². The first-order valence-corrected chi connectivity index (χ1v) is 15.8. The maximum Gasteiger partial charge on any atom is 0.243 e. The molecule has 5 rings (SSSR count). The molecule has 1 saturated heterocycles. The molecular weight excluding hydrogens is 554 g/mol. The number of nitrogens with zero attached hydrogens (tertiary/aromatic N) is 4. The van der Waals surface area contributed by atoms with Crippen molar-refractivity contribution in [1.29, 1.82) is 0 Å². The average molecular weight is 600 g/mol. The third-order valence-electron chi connectivity index (χ3n) is 8.33. The van der Waals surface area contributed by atoms with E-state index in [1.165, 1.54) is 11.1 Å². The smallest absolute Gasteiger partial charge is 0.243 e. The van der Waals surface area contributed by atoms with Gasteiger partial charge in [0.05, 0.1) is 12.0 Å². The molecule has 44 heavy (non-hydrogen) atoms. The second-order valence-electron chi connectivity index (χ2n) is 11.6. The number of hydroxylamine groups is 1. The van der Waals surface area contributed by atoms with Crippen LogP contribution in [0.15, 0.2) is 67.0 Å². The molecule has 1 atom stereocenters. The lowest BCUT2D eigenvalue weighted by atomic mass is 10.1. The van der Waals surface area contributed by atoms with Crippen LogP contribution < -0.4 is 10.8 Å². The summed E-state index contributed by atoms with van der Waals surface area (Å²) in [4.78, 5) is 28.5. The molecule has 2 aromatic heterocycles. The third-order valence-corrected chi connectivity index (χ3v) is 8.33. The van der Waals surface area contributed by atoms with Crippen LogP contribution >= 0.6 is 0 Å². The van der Waals surface area contributed by atoms with Crippen molar-refractivity contribution in [3.05, 3.63) is 78.1 Å². The fourth-order valence-electron chi connectivity index (χ4n) is 5.65. The summed E-state index contributed by atoms with van der Waals surface area (Å²) < 4.78 is 5.83. The van der Waals surface area contributed by atoms with E-state index in [2.05, 4.69) is 91.6 Å². The van der Waals surface area contributed by atoms with E-state index in [1.807, 2.05) is 6.07 Å². The largest absolute Gasteiger partial charge is 0.380 e. The Hall–Kier alpha value is -3.83. The Morgan fingerprint density at radius 1 is 0.955 bits per heavy atom. The summed E-state index contributed by atoms with van der Waals surface area (Å²) in [7, 11) is 0. The Morgan fingerprint density at radius 2 is 1.70 bits per heavy atom. The van der Waals surface area contributed by atoms with Gasteiger partial charge in [0.2, 0.25) is 5.91 Å². The standard InChI is InChI=1S/C34H45N7O3/c1-26(28-9-5-4-6-10-28)37-33-30-23-31(38-34(30)36-25-35-33)29-14-12-27(13-15-29)24-41-18-16-40(17-19-41)20-22-44-21-8-3-2-7-11-32(42)39-43/h4-6,9-10,12-15,23,25-26,43H,2-3,7-8,11,16-22,24H2,1H3,(H,39,42)(H2,35,36,37,38)/t26-/m1/s1. The first kappa shape index (κ1) is 31.6. The number of ether oxygens (including phenoxy) is 1. The maximum absolute atomic E-state index is 11.0. The van der Waals surface area contributed by atoms with Gasteiger partial charge >= 0.3 is 0 Å². The number of unbranched alkanes of at least 4 members (excludes halogenated alkanes) is 3. The van der Waals surface area contributed by atoms with E-state index in [-0.39, 0.29) is 11.9 Å². The summed E-state index contributed by atoms with van der Waals surface area (Å²) in [6.45, 7) is 9.82. The van der Waals surface area contributed by atoms with Crippen LogP contribution in [-0.4, -0.2) is 81.8 Å². The number of carbonyl (C=O) groups excluding carboxylic acids is 1. The van der Waals surface area contributed by atoms with E-state index in [1.54, 1.807) is 11.8 Å². The molecule has 0 radical (unpaired) electrons. The minimum absolute atomic E-state index is 0.130. The lowest BCUT2D eigenvalue weighted by Gasteiger charge is -2.34. The molecule has 1 aliphatic heterocycles. The van der Waals surface area contributed by atoms with Crippen LogP contribution in [0, 0.1) is 0 Å². The Bertz CT molecular complexity index is 1440. The predicted molar refractivity (Wildman–Crippen MR) is 173 cm³/mol. The summed E-state index contributed by atoms with van der Waals surface area (Å²) in [5, 5.41) is 13.0. The van der Waals surface area contributed by atoms with Crippen LogP contribution in [0.2, 0.25) is 0 Å². The van der Waals surface area contributed by atoms with E-state index in [4.69, 9.17) is 9.94 Å². The number of H-pyrrole nitrogens is 1. The SMILES string of the molecule is C[C@@H](Nc1ncnc2[nH]c(-c3ccc(CN4CCN(CCOCCCCCCC(=O)NO)CC4)cc3)cc12)c1ccccc1. The molecule has 0 saturated carbocycles. The number of hydrogen-bond donors (Lipinski definition) is 4. The number of piperazine rings is 1. The maximum atomic E-state index is 11.0. The summed E-state index contributed by atoms with van der Waals surface area (Å²) >= 11 is 0. The minimum Gasteiger partial charge on any atom is -0.380 e. The van der Waals surface area contributed by atoms with Crippen LogP contribution in [0.3, 0.4) is 0 Å². The fraction of sp³-hybridized carbons (Fsp3) is 0.441. The highest BCUT2D eigenvalue weighted by atomic mass is 16.5. The Kier molecular flexibility index (Phi) is 11.7. The number of fused-ring (bicyclic) bond motifs is 1. The molecule has 10 heteroatoms. The molecular formula is C34H45N7O3. The van der Waals surface area contributed by atoms with Gasteiger partial charge in [-0.15, -0.1) is 0 Å². The molecule has 2 aromatic carbocycles. The second-order valence-corrected chi connectivity index (χ2v) is 11.6. The highest BCUT2D eigenvalue weighted by Crippen LogP contribution is 2.29. The Labute approximate surface area is 259 Å². The molecule has 1 aliphatic rings. The van der Waals surface area contributed by atoms with Crippen molar-refractivity contribution >= 4 is 22.8 Å². The summed E-state index contributed by atoms with van der Waals surface area (Å²) in [5.41, 5.74) is 7.19. The van der Waals surface area contributed by atoms with E-state index in [0.29, 0.717) is 6.42 Å². The van der Waals surface area contributed by atoms with Gasteiger partial charge in [-0.05, 0) is 42.5 Å². The van der Waals surface area contributed by atoms with E-state index in [9.17, 15) is 4.79 Å². The predicted octanol–water partition coefficient (Wildman–Crippen LogP) is 5.39. The van der Waals surface area contributed by atoms with Crippen molar-refractivity contribution in [2.45, 2.75) is 51.6 Å². The Morgan fingerprint density at radius 3 is 2.48 bits per heavy atom. The zero-order chi connectivity index (χ0) is 30.6. The molecule has 0 aliphatic carbocycles. The normalized spacial score (nSPS) is 15.0. The average Bonchev–Trinajstić information content (AvgIpc) is 3.51. The molecule has 234 valence electrons.